The third-order valence-corrected chi connectivity index (χ3v) is 6.97. The Bertz CT molecular complexity index is 1330. The number of H-pyrrole nitrogens is 1. The first kappa shape index (κ1) is 22.4. The van der Waals surface area contributed by atoms with Crippen molar-refractivity contribution in [2.45, 2.75) is 45.2 Å². The number of hydrogen-bond acceptors (Lipinski definition) is 2. The lowest BCUT2D eigenvalue weighted by Crippen LogP contribution is -2.50. The highest BCUT2D eigenvalue weighted by molar-refractivity contribution is 5.99. The Labute approximate surface area is 199 Å². The summed E-state index contributed by atoms with van der Waals surface area (Å²) >= 11 is 0. The average Bonchev–Trinajstić information content (AvgIpc) is 3.28. The lowest BCUT2D eigenvalue weighted by molar-refractivity contribution is -0.121. The summed E-state index contributed by atoms with van der Waals surface area (Å²) < 4.78 is 14.4. The molecule has 4 nitrogen and oxygen atoms in total. The minimum absolute atomic E-state index is 0.0268. The molecular formula is C29H30FN3O. The van der Waals surface area contributed by atoms with Gasteiger partial charge in [0.15, 0.2) is 0 Å². The summed E-state index contributed by atoms with van der Waals surface area (Å²) in [5.41, 5.74) is 6.09. The van der Waals surface area contributed by atoms with Gasteiger partial charge in [0.05, 0.1) is 6.04 Å². The quantitative estimate of drug-likeness (QED) is 0.383. The number of para-hydroxylation sites is 1. The summed E-state index contributed by atoms with van der Waals surface area (Å²) in [6.07, 6.45) is 3.91. The van der Waals surface area contributed by atoms with Gasteiger partial charge < -0.3 is 15.2 Å². The van der Waals surface area contributed by atoms with Gasteiger partial charge in [-0.2, -0.15) is 0 Å². The van der Waals surface area contributed by atoms with Gasteiger partial charge in [-0.25, -0.2) is 4.39 Å². The second-order valence-corrected chi connectivity index (χ2v) is 9.25. The number of hydrogen-bond donors (Lipinski definition) is 2. The molecule has 0 bridgehead atoms. The van der Waals surface area contributed by atoms with Gasteiger partial charge in [0, 0.05) is 47.4 Å². The van der Waals surface area contributed by atoms with Crippen molar-refractivity contribution in [2.75, 3.05) is 11.4 Å². The lowest BCUT2D eigenvalue weighted by atomic mass is 9.90. The Kier molecular flexibility index (Phi) is 6.20. The lowest BCUT2D eigenvalue weighted by Gasteiger charge is -2.35. The van der Waals surface area contributed by atoms with Crippen molar-refractivity contribution < 1.29 is 9.18 Å². The van der Waals surface area contributed by atoms with Gasteiger partial charge in [-0.15, -0.1) is 0 Å². The van der Waals surface area contributed by atoms with E-state index in [2.05, 4.69) is 48.4 Å². The maximum atomic E-state index is 14.4. The van der Waals surface area contributed by atoms with Gasteiger partial charge in [0.1, 0.15) is 5.82 Å². The molecule has 1 amide bonds. The van der Waals surface area contributed by atoms with Crippen LogP contribution < -0.4 is 10.2 Å². The Morgan fingerprint density at radius 2 is 1.91 bits per heavy atom. The number of amides is 1. The molecule has 4 aromatic rings. The molecule has 0 spiro atoms. The molecule has 0 aliphatic carbocycles. The van der Waals surface area contributed by atoms with E-state index >= 15 is 0 Å². The number of anilines is 1. The molecule has 1 aromatic heterocycles. The van der Waals surface area contributed by atoms with Crippen LogP contribution in [0.2, 0.25) is 0 Å². The number of aryl methyl sites for hydroxylation is 2. The van der Waals surface area contributed by atoms with E-state index in [1.165, 1.54) is 17.2 Å². The number of aromatic amines is 1. The van der Waals surface area contributed by atoms with Crippen LogP contribution in [0.3, 0.4) is 0 Å². The first-order valence-corrected chi connectivity index (χ1v) is 12.0. The van der Waals surface area contributed by atoms with Crippen molar-refractivity contribution in [3.8, 4) is 0 Å². The average molecular weight is 456 g/mol. The number of rotatable bonds is 6. The van der Waals surface area contributed by atoms with Crippen LogP contribution in [0, 0.1) is 12.7 Å². The molecule has 174 valence electrons. The minimum Gasteiger partial charge on any atom is -0.361 e. The second-order valence-electron chi connectivity index (χ2n) is 9.25. The van der Waals surface area contributed by atoms with E-state index in [0.29, 0.717) is 12.1 Å². The Morgan fingerprint density at radius 1 is 1.12 bits per heavy atom. The number of halogens is 1. The van der Waals surface area contributed by atoms with Crippen LogP contribution in [-0.2, 0) is 17.8 Å². The maximum absolute atomic E-state index is 14.4. The summed E-state index contributed by atoms with van der Waals surface area (Å²) in [6.45, 7) is 5.13. The zero-order valence-corrected chi connectivity index (χ0v) is 19.6. The van der Waals surface area contributed by atoms with Crippen LogP contribution in [0.1, 0.15) is 41.5 Å². The number of carbonyl (C=O) groups excluding carboxylic acids is 1. The van der Waals surface area contributed by atoms with Crippen LogP contribution in [0.15, 0.2) is 72.9 Å². The number of nitrogens with one attached hydrogen (secondary N) is 2. The van der Waals surface area contributed by atoms with Crippen molar-refractivity contribution >= 4 is 22.5 Å². The van der Waals surface area contributed by atoms with Gasteiger partial charge in [-0.1, -0.05) is 61.0 Å². The van der Waals surface area contributed by atoms with E-state index in [-0.39, 0.29) is 24.2 Å². The van der Waals surface area contributed by atoms with Crippen molar-refractivity contribution in [3.63, 3.8) is 0 Å². The zero-order valence-electron chi connectivity index (χ0n) is 19.6. The summed E-state index contributed by atoms with van der Waals surface area (Å²) in [5, 5.41) is 4.53. The first-order valence-electron chi connectivity index (χ1n) is 12.0. The highest BCUT2D eigenvalue weighted by Crippen LogP contribution is 2.33. The SMILES string of the molecule is Cc1ccc2c(c1)CCCN2C(=O)C(NCc1ccccc1F)C(C)c1c[nH]c2ccccc12. The fraction of sp³-hybridized carbons (Fsp3) is 0.276. The third-order valence-electron chi connectivity index (χ3n) is 6.97. The monoisotopic (exact) mass is 455 g/mol. The molecule has 3 aromatic carbocycles. The predicted molar refractivity (Wildman–Crippen MR) is 136 cm³/mol. The van der Waals surface area contributed by atoms with Gasteiger partial charge >= 0.3 is 0 Å². The minimum atomic E-state index is -0.508. The van der Waals surface area contributed by atoms with Crippen molar-refractivity contribution in [1.29, 1.82) is 0 Å². The molecule has 2 N–H and O–H groups in total. The molecule has 1 aliphatic rings. The molecule has 0 saturated heterocycles. The van der Waals surface area contributed by atoms with Gasteiger partial charge in [0.25, 0.3) is 0 Å². The van der Waals surface area contributed by atoms with E-state index in [0.717, 1.165) is 35.0 Å². The molecule has 5 rings (SSSR count). The largest absolute Gasteiger partial charge is 0.361 e. The summed E-state index contributed by atoms with van der Waals surface area (Å²) in [7, 11) is 0. The Hall–Kier alpha value is -3.44. The third kappa shape index (κ3) is 4.24. The van der Waals surface area contributed by atoms with Crippen LogP contribution in [0.4, 0.5) is 10.1 Å². The fourth-order valence-corrected chi connectivity index (χ4v) is 5.11. The number of benzene rings is 3. The summed E-state index contributed by atoms with van der Waals surface area (Å²) in [6, 6.07) is 20.7. The molecule has 34 heavy (non-hydrogen) atoms. The number of aromatic nitrogens is 1. The van der Waals surface area contributed by atoms with E-state index in [4.69, 9.17) is 0 Å². The molecule has 0 saturated carbocycles. The van der Waals surface area contributed by atoms with E-state index in [1.54, 1.807) is 12.1 Å². The summed E-state index contributed by atoms with van der Waals surface area (Å²) in [5.74, 6) is -0.357. The van der Waals surface area contributed by atoms with Crippen LogP contribution in [0.25, 0.3) is 10.9 Å². The Balaban J connectivity index is 1.50. The Morgan fingerprint density at radius 3 is 2.76 bits per heavy atom. The molecule has 2 unspecified atom stereocenters. The zero-order chi connectivity index (χ0) is 23.7. The fourth-order valence-electron chi connectivity index (χ4n) is 5.11. The van der Waals surface area contributed by atoms with E-state index < -0.39 is 6.04 Å². The maximum Gasteiger partial charge on any atom is 0.244 e. The molecule has 1 aliphatic heterocycles. The molecule has 0 radical (unpaired) electrons. The van der Waals surface area contributed by atoms with Crippen LogP contribution in [-0.4, -0.2) is 23.5 Å². The van der Waals surface area contributed by atoms with Crippen LogP contribution >= 0.6 is 0 Å². The topological polar surface area (TPSA) is 48.1 Å². The molecule has 5 heteroatoms. The van der Waals surface area contributed by atoms with Crippen LogP contribution in [0.5, 0.6) is 0 Å². The highest BCUT2D eigenvalue weighted by atomic mass is 19.1. The molecule has 2 heterocycles. The smallest absolute Gasteiger partial charge is 0.244 e. The van der Waals surface area contributed by atoms with Gasteiger partial charge in [-0.3, -0.25) is 4.79 Å². The molecule has 0 fully saturated rings. The second kappa shape index (κ2) is 9.43. The number of fused-ring (bicyclic) bond motifs is 2. The van der Waals surface area contributed by atoms with Gasteiger partial charge in [-0.05, 0) is 49.1 Å². The van der Waals surface area contributed by atoms with Crippen molar-refractivity contribution in [3.05, 3.63) is 101 Å². The molecule has 2 atom stereocenters. The summed E-state index contributed by atoms with van der Waals surface area (Å²) in [4.78, 5) is 19.3. The highest BCUT2D eigenvalue weighted by Gasteiger charge is 2.33. The standard InChI is InChI=1S/C29H30FN3O/c1-19-13-14-27-21(16-19)9-7-15-33(27)29(34)28(32-17-22-8-3-5-11-25(22)30)20(2)24-18-31-26-12-6-4-10-23(24)26/h3-6,8,10-14,16,18,20,28,31-32H,7,9,15,17H2,1-2H3. The van der Waals surface area contributed by atoms with Gasteiger partial charge in [0.2, 0.25) is 5.91 Å². The first-order chi connectivity index (χ1) is 16.5. The number of nitrogens with zero attached hydrogens (tertiary/aromatic N) is 1. The van der Waals surface area contributed by atoms with E-state index in [1.807, 2.05) is 35.4 Å². The molecular weight excluding hydrogens is 425 g/mol. The van der Waals surface area contributed by atoms with Crippen molar-refractivity contribution in [1.82, 2.24) is 10.3 Å². The number of carbonyl (C=O) groups is 1. The normalized spacial score (nSPS) is 15.2. The van der Waals surface area contributed by atoms with E-state index in [9.17, 15) is 9.18 Å². The van der Waals surface area contributed by atoms with Crippen molar-refractivity contribution in [2.24, 2.45) is 0 Å². The predicted octanol–water partition coefficient (Wildman–Crippen LogP) is 5.86.